The minimum atomic E-state index is -1.10. The number of thioether (sulfide) groups is 1. The van der Waals surface area contributed by atoms with E-state index in [1.165, 1.54) is 25.1 Å². The van der Waals surface area contributed by atoms with Crippen LogP contribution in [0.3, 0.4) is 0 Å². The second kappa shape index (κ2) is 8.89. The van der Waals surface area contributed by atoms with Gasteiger partial charge in [0.05, 0.1) is 12.7 Å². The third-order valence-corrected chi connectivity index (χ3v) is 4.18. The highest BCUT2D eigenvalue weighted by molar-refractivity contribution is 7.99. The average molecular weight is 340 g/mol. The highest BCUT2D eigenvalue weighted by Crippen LogP contribution is 2.31. The standard InChI is InChI=1S/C13H19ClFNO4S/c1-7(18)11(6-17)20-13(10(19)5-16)21-12-4-8(14)2-3-9(12)15/h2-4,7,10-11,13,17-19H,5-6,16H2,1H3/t7-,10+,11?,13?/m1/s1. The Hall–Kier alpha value is -0.410. The molecule has 1 aromatic rings. The van der Waals surface area contributed by atoms with Gasteiger partial charge in [0.15, 0.2) is 0 Å². The largest absolute Gasteiger partial charge is 0.394 e. The van der Waals surface area contributed by atoms with E-state index in [4.69, 9.17) is 27.2 Å². The predicted molar refractivity (Wildman–Crippen MR) is 79.8 cm³/mol. The van der Waals surface area contributed by atoms with Gasteiger partial charge in [-0.05, 0) is 25.1 Å². The lowest BCUT2D eigenvalue weighted by Gasteiger charge is -2.28. The zero-order valence-electron chi connectivity index (χ0n) is 11.4. The molecular formula is C13H19ClFNO4S. The molecule has 0 radical (unpaired) electrons. The molecule has 2 unspecified atom stereocenters. The molecule has 0 saturated heterocycles. The Morgan fingerprint density at radius 2 is 2.10 bits per heavy atom. The first-order valence-corrected chi connectivity index (χ1v) is 7.59. The number of halogens is 2. The van der Waals surface area contributed by atoms with Crippen LogP contribution in [-0.2, 0) is 4.74 Å². The maximum absolute atomic E-state index is 13.7. The van der Waals surface area contributed by atoms with Crippen molar-refractivity contribution in [1.29, 1.82) is 0 Å². The highest BCUT2D eigenvalue weighted by Gasteiger charge is 2.27. The van der Waals surface area contributed by atoms with Crippen LogP contribution in [0.5, 0.6) is 0 Å². The molecule has 0 aliphatic rings. The summed E-state index contributed by atoms with van der Waals surface area (Å²) in [6.45, 7) is 0.888. The van der Waals surface area contributed by atoms with E-state index < -0.39 is 36.2 Å². The van der Waals surface area contributed by atoms with Gasteiger partial charge in [0, 0.05) is 16.5 Å². The van der Waals surface area contributed by atoms with Crippen LogP contribution in [0.2, 0.25) is 5.02 Å². The number of benzene rings is 1. The number of nitrogens with two attached hydrogens (primary N) is 1. The minimum Gasteiger partial charge on any atom is -0.394 e. The molecule has 1 rings (SSSR count). The zero-order valence-corrected chi connectivity index (χ0v) is 13.0. The van der Waals surface area contributed by atoms with Crippen molar-refractivity contribution in [2.75, 3.05) is 13.2 Å². The number of aliphatic hydroxyl groups is 3. The van der Waals surface area contributed by atoms with Crippen molar-refractivity contribution in [1.82, 2.24) is 0 Å². The number of aliphatic hydroxyl groups excluding tert-OH is 3. The maximum Gasteiger partial charge on any atom is 0.136 e. The molecule has 0 heterocycles. The first-order chi connectivity index (χ1) is 9.88. The van der Waals surface area contributed by atoms with Gasteiger partial charge < -0.3 is 25.8 Å². The van der Waals surface area contributed by atoms with Gasteiger partial charge in [0.25, 0.3) is 0 Å². The van der Waals surface area contributed by atoms with Gasteiger partial charge in [-0.25, -0.2) is 4.39 Å². The van der Waals surface area contributed by atoms with E-state index >= 15 is 0 Å². The monoisotopic (exact) mass is 339 g/mol. The molecule has 0 aromatic heterocycles. The smallest absolute Gasteiger partial charge is 0.136 e. The summed E-state index contributed by atoms with van der Waals surface area (Å²) in [6, 6.07) is 4.01. The zero-order chi connectivity index (χ0) is 16.0. The van der Waals surface area contributed by atoms with Crippen LogP contribution < -0.4 is 5.73 Å². The highest BCUT2D eigenvalue weighted by atomic mass is 35.5. The Bertz CT molecular complexity index is 452. The lowest BCUT2D eigenvalue weighted by Crippen LogP contribution is -2.40. The van der Waals surface area contributed by atoms with Gasteiger partial charge in [-0.15, -0.1) is 0 Å². The van der Waals surface area contributed by atoms with Gasteiger partial charge in [-0.3, -0.25) is 0 Å². The summed E-state index contributed by atoms with van der Waals surface area (Å²) in [4.78, 5) is 0.183. The van der Waals surface area contributed by atoms with Crippen LogP contribution in [0.1, 0.15) is 6.92 Å². The van der Waals surface area contributed by atoms with Crippen molar-refractivity contribution in [3.05, 3.63) is 29.0 Å². The molecule has 0 saturated carbocycles. The van der Waals surface area contributed by atoms with E-state index in [-0.39, 0.29) is 11.4 Å². The minimum absolute atomic E-state index is 0.113. The van der Waals surface area contributed by atoms with Crippen molar-refractivity contribution < 1.29 is 24.4 Å². The van der Waals surface area contributed by atoms with E-state index in [0.29, 0.717) is 5.02 Å². The number of ether oxygens (including phenoxy) is 1. The number of hydrogen-bond donors (Lipinski definition) is 4. The van der Waals surface area contributed by atoms with Crippen LogP contribution >= 0.6 is 23.4 Å². The molecule has 5 N–H and O–H groups in total. The summed E-state index contributed by atoms with van der Waals surface area (Å²) in [5.41, 5.74) is 4.45. The van der Waals surface area contributed by atoms with E-state index in [1.807, 2.05) is 0 Å². The first kappa shape index (κ1) is 18.6. The Labute approximate surface area is 131 Å². The molecule has 8 heteroatoms. The van der Waals surface area contributed by atoms with Crippen molar-refractivity contribution in [3.8, 4) is 0 Å². The fourth-order valence-electron chi connectivity index (χ4n) is 1.48. The van der Waals surface area contributed by atoms with Crippen LogP contribution in [-0.4, -0.2) is 52.2 Å². The molecule has 4 atom stereocenters. The van der Waals surface area contributed by atoms with E-state index in [1.54, 1.807) is 0 Å². The quantitative estimate of drug-likeness (QED) is 0.416. The molecule has 21 heavy (non-hydrogen) atoms. The van der Waals surface area contributed by atoms with Gasteiger partial charge in [-0.2, -0.15) is 0 Å². The normalized spacial score (nSPS) is 17.3. The summed E-state index contributed by atoms with van der Waals surface area (Å²) < 4.78 is 19.2. The molecule has 0 bridgehead atoms. The first-order valence-electron chi connectivity index (χ1n) is 6.33. The van der Waals surface area contributed by atoms with Crippen LogP contribution in [0, 0.1) is 5.82 Å². The molecule has 120 valence electrons. The average Bonchev–Trinajstić information content (AvgIpc) is 2.45. The lowest BCUT2D eigenvalue weighted by atomic mass is 10.2. The van der Waals surface area contributed by atoms with Crippen molar-refractivity contribution >= 4 is 23.4 Å². The van der Waals surface area contributed by atoms with E-state index in [2.05, 4.69) is 0 Å². The SMILES string of the molecule is C[C@@H](O)C(CO)OC(Sc1cc(Cl)ccc1F)[C@@H](O)CN. The number of hydrogen-bond acceptors (Lipinski definition) is 6. The molecule has 0 amide bonds. The maximum atomic E-state index is 13.7. The Balaban J connectivity index is 2.90. The molecular weight excluding hydrogens is 321 g/mol. The second-order valence-electron chi connectivity index (χ2n) is 4.46. The molecule has 0 fully saturated rings. The van der Waals surface area contributed by atoms with E-state index in [0.717, 1.165) is 11.8 Å². The van der Waals surface area contributed by atoms with Gasteiger partial charge in [-0.1, -0.05) is 23.4 Å². The fourth-order valence-corrected chi connectivity index (χ4v) is 2.81. The van der Waals surface area contributed by atoms with E-state index in [9.17, 15) is 14.6 Å². The summed E-state index contributed by atoms with van der Waals surface area (Å²) in [5, 5.41) is 28.9. The molecule has 5 nitrogen and oxygen atoms in total. The van der Waals surface area contributed by atoms with Crippen LogP contribution in [0.15, 0.2) is 23.1 Å². The summed E-state index contributed by atoms with van der Waals surface area (Å²) in [6.07, 6.45) is -2.96. The molecule has 0 aliphatic carbocycles. The summed E-state index contributed by atoms with van der Waals surface area (Å²) >= 11 is 6.70. The Kier molecular flexibility index (Phi) is 7.89. The van der Waals surface area contributed by atoms with Crippen molar-refractivity contribution in [2.24, 2.45) is 5.73 Å². The predicted octanol–water partition coefficient (Wildman–Crippen LogP) is 0.975. The summed E-state index contributed by atoms with van der Waals surface area (Å²) in [5.74, 6) is -0.514. The van der Waals surface area contributed by atoms with Crippen molar-refractivity contribution in [3.63, 3.8) is 0 Å². The molecule has 1 aromatic carbocycles. The third-order valence-electron chi connectivity index (χ3n) is 2.72. The summed E-state index contributed by atoms with van der Waals surface area (Å²) in [7, 11) is 0. The molecule has 0 aliphatic heterocycles. The van der Waals surface area contributed by atoms with Gasteiger partial charge in [0.1, 0.15) is 23.5 Å². The van der Waals surface area contributed by atoms with Crippen molar-refractivity contribution in [2.45, 2.75) is 35.6 Å². The fraction of sp³-hybridized carbons (Fsp3) is 0.538. The second-order valence-corrected chi connectivity index (χ2v) is 6.04. The molecule has 0 spiro atoms. The number of rotatable bonds is 8. The third kappa shape index (κ3) is 5.71. The van der Waals surface area contributed by atoms with Gasteiger partial charge in [0.2, 0.25) is 0 Å². The Morgan fingerprint density at radius 3 is 2.62 bits per heavy atom. The topological polar surface area (TPSA) is 95.9 Å². The van der Waals surface area contributed by atoms with Crippen LogP contribution in [0.25, 0.3) is 0 Å². The van der Waals surface area contributed by atoms with Crippen LogP contribution in [0.4, 0.5) is 4.39 Å². The lowest BCUT2D eigenvalue weighted by molar-refractivity contribution is -0.0926. The Morgan fingerprint density at radius 1 is 1.43 bits per heavy atom. The van der Waals surface area contributed by atoms with Gasteiger partial charge >= 0.3 is 0 Å².